The molecule has 2 aliphatic rings. The number of alkyl halides is 3. The minimum Gasteiger partial charge on any atom is -0.382 e. The van der Waals surface area contributed by atoms with E-state index >= 15 is 0 Å². The molecule has 1 aliphatic heterocycles. The largest absolute Gasteiger partial charge is 0.416 e. The van der Waals surface area contributed by atoms with Gasteiger partial charge in [-0.25, -0.2) is 4.98 Å². The third-order valence-electron chi connectivity index (χ3n) is 9.16. The van der Waals surface area contributed by atoms with E-state index in [0.29, 0.717) is 48.3 Å². The number of aromatic nitrogens is 4. The number of hydrogen-bond acceptors (Lipinski definition) is 8. The number of carbonyl (C=O) groups is 2. The average Bonchev–Trinajstić information content (AvgIpc) is 3.47. The molecule has 0 bridgehead atoms. The molecule has 3 heterocycles. The Bertz CT molecular complexity index is 1780. The van der Waals surface area contributed by atoms with E-state index in [4.69, 9.17) is 17.3 Å². The quantitative estimate of drug-likeness (QED) is 0.211. The first kappa shape index (κ1) is 33.6. The number of anilines is 3. The first-order valence-electron chi connectivity index (χ1n) is 15.9. The molecule has 0 radical (unpaired) electrons. The molecule has 6 rings (SSSR count). The zero-order valence-corrected chi connectivity index (χ0v) is 27.2. The van der Waals surface area contributed by atoms with E-state index in [1.54, 1.807) is 30.6 Å². The number of nitrogens with two attached hydrogens (primary N) is 1. The van der Waals surface area contributed by atoms with Crippen molar-refractivity contribution in [3.63, 3.8) is 0 Å². The number of likely N-dealkylation sites (N-methyl/N-ethyl adjacent to an activating group) is 1. The van der Waals surface area contributed by atoms with Gasteiger partial charge in [0.25, 0.3) is 0 Å². The van der Waals surface area contributed by atoms with Crippen LogP contribution in [0.3, 0.4) is 0 Å². The van der Waals surface area contributed by atoms with E-state index in [2.05, 4.69) is 30.5 Å². The molecular formula is C33H37ClF3N9O2. The Morgan fingerprint density at radius 1 is 0.958 bits per heavy atom. The highest BCUT2D eigenvalue weighted by molar-refractivity contribution is 6.28. The average molecular weight is 684 g/mol. The summed E-state index contributed by atoms with van der Waals surface area (Å²) in [5.41, 5.74) is 7.80. The summed E-state index contributed by atoms with van der Waals surface area (Å²) in [6.45, 7) is 3.21. The number of amides is 2. The maximum Gasteiger partial charge on any atom is 0.416 e. The van der Waals surface area contributed by atoms with E-state index in [9.17, 15) is 22.8 Å². The van der Waals surface area contributed by atoms with Crippen LogP contribution >= 0.6 is 11.6 Å². The van der Waals surface area contributed by atoms with Gasteiger partial charge in [-0.1, -0.05) is 18.2 Å². The summed E-state index contributed by atoms with van der Waals surface area (Å²) >= 11 is 6.00. The molecule has 2 aromatic carbocycles. The van der Waals surface area contributed by atoms with E-state index in [1.807, 2.05) is 16.5 Å². The summed E-state index contributed by atoms with van der Waals surface area (Å²) in [6.07, 6.45) is -0.0368. The van der Waals surface area contributed by atoms with Gasteiger partial charge in [-0.3, -0.25) is 14.5 Å². The number of nitrogens with one attached hydrogen (secondary N) is 2. The normalized spacial score (nSPS) is 19.4. The lowest BCUT2D eigenvalue weighted by Crippen LogP contribution is -2.44. The number of rotatable bonds is 8. The lowest BCUT2D eigenvalue weighted by molar-refractivity contribution is -0.138. The number of piperazine rings is 1. The van der Waals surface area contributed by atoms with Crippen molar-refractivity contribution < 1.29 is 22.8 Å². The van der Waals surface area contributed by atoms with E-state index in [1.165, 1.54) is 12.1 Å². The van der Waals surface area contributed by atoms with Crippen LogP contribution in [0.25, 0.3) is 11.2 Å². The Labute approximate surface area is 280 Å². The van der Waals surface area contributed by atoms with Crippen LogP contribution in [0.5, 0.6) is 0 Å². The predicted molar refractivity (Wildman–Crippen MR) is 177 cm³/mol. The van der Waals surface area contributed by atoms with E-state index in [0.717, 1.165) is 32.0 Å². The first-order valence-corrected chi connectivity index (χ1v) is 16.3. The van der Waals surface area contributed by atoms with Crippen molar-refractivity contribution in [2.75, 3.05) is 49.6 Å². The highest BCUT2D eigenvalue weighted by Gasteiger charge is 2.34. The van der Waals surface area contributed by atoms with Crippen molar-refractivity contribution >= 4 is 51.8 Å². The number of nitrogen functional groups attached to an aromatic ring is 1. The second-order valence-corrected chi connectivity index (χ2v) is 12.9. The fraction of sp³-hybridized carbons (Fsp3) is 0.424. The van der Waals surface area contributed by atoms with Gasteiger partial charge in [0, 0.05) is 56.1 Å². The molecule has 11 nitrogen and oxygen atoms in total. The first-order chi connectivity index (χ1) is 22.9. The molecule has 0 atom stereocenters. The molecular weight excluding hydrogens is 647 g/mol. The smallest absolute Gasteiger partial charge is 0.382 e. The Hall–Kier alpha value is -4.27. The van der Waals surface area contributed by atoms with Gasteiger partial charge in [-0.15, -0.1) is 0 Å². The molecule has 0 unspecified atom stereocenters. The second kappa shape index (κ2) is 14.1. The zero-order valence-electron chi connectivity index (χ0n) is 26.4. The number of benzene rings is 2. The highest BCUT2D eigenvalue weighted by atomic mass is 35.5. The summed E-state index contributed by atoms with van der Waals surface area (Å²) in [4.78, 5) is 42.5. The van der Waals surface area contributed by atoms with Crippen LogP contribution in [0.1, 0.15) is 48.4 Å². The van der Waals surface area contributed by atoms with Crippen molar-refractivity contribution in [2.24, 2.45) is 5.92 Å². The minimum atomic E-state index is -4.55. The number of carbonyl (C=O) groups excluding carboxylic acids is 2. The van der Waals surface area contributed by atoms with Crippen molar-refractivity contribution in [3.8, 4) is 0 Å². The van der Waals surface area contributed by atoms with Gasteiger partial charge in [0.15, 0.2) is 11.5 Å². The number of fused-ring (bicyclic) bond motifs is 1. The highest BCUT2D eigenvalue weighted by Crippen LogP contribution is 2.36. The van der Waals surface area contributed by atoms with Crippen molar-refractivity contribution in [3.05, 3.63) is 70.8 Å². The minimum absolute atomic E-state index is 0.0344. The standard InChI is InChI=1S/C33H37ClF3N9O2/c1-44-12-14-45(15-13-44)18-22-4-9-24(17-26(22)33(35,36)37)40-27(47)16-20-2-7-23(8-3-20)41-31(48)21-5-10-25(11-6-21)46-19-39-28-29(38)42-32(34)43-30(28)46/h2-4,7-9,17,19,21,25H,5-6,10-16,18H2,1H3,(H,40,47)(H,41,48)(H2,38,42,43). The number of hydrogen-bond donors (Lipinski definition) is 3. The predicted octanol–water partition coefficient (Wildman–Crippen LogP) is 5.38. The molecule has 1 saturated carbocycles. The summed E-state index contributed by atoms with van der Waals surface area (Å²) in [5.74, 6) is -0.463. The molecule has 1 aliphatic carbocycles. The molecule has 2 aromatic heterocycles. The molecule has 0 spiro atoms. The van der Waals surface area contributed by atoms with Gasteiger partial charge < -0.3 is 25.8 Å². The summed E-state index contributed by atoms with van der Waals surface area (Å²) in [7, 11) is 1.99. The molecule has 15 heteroatoms. The van der Waals surface area contributed by atoms with Gasteiger partial charge >= 0.3 is 6.18 Å². The third kappa shape index (κ3) is 7.88. The van der Waals surface area contributed by atoms with Crippen LogP contribution in [-0.4, -0.2) is 74.4 Å². The third-order valence-corrected chi connectivity index (χ3v) is 9.33. The van der Waals surface area contributed by atoms with Crippen LogP contribution < -0.4 is 16.4 Å². The Balaban J connectivity index is 1.00. The molecule has 4 N–H and O–H groups in total. The van der Waals surface area contributed by atoms with Gasteiger partial charge in [0.2, 0.25) is 17.1 Å². The van der Waals surface area contributed by atoms with Gasteiger partial charge in [0.1, 0.15) is 5.52 Å². The molecule has 1 saturated heterocycles. The fourth-order valence-electron chi connectivity index (χ4n) is 6.44. The monoisotopic (exact) mass is 683 g/mol. The second-order valence-electron chi connectivity index (χ2n) is 12.6. The van der Waals surface area contributed by atoms with Crippen molar-refractivity contribution in [1.29, 1.82) is 0 Å². The Morgan fingerprint density at radius 2 is 1.65 bits per heavy atom. The summed E-state index contributed by atoms with van der Waals surface area (Å²) < 4.78 is 43.8. The number of imidazole rings is 1. The van der Waals surface area contributed by atoms with E-state index < -0.39 is 17.6 Å². The summed E-state index contributed by atoms with van der Waals surface area (Å²) in [6, 6.07) is 10.9. The van der Waals surface area contributed by atoms with Crippen molar-refractivity contribution in [1.82, 2.24) is 29.3 Å². The van der Waals surface area contributed by atoms with Gasteiger partial charge in [-0.05, 0) is 79.7 Å². The molecule has 48 heavy (non-hydrogen) atoms. The van der Waals surface area contributed by atoms with Crippen LogP contribution in [0.15, 0.2) is 48.8 Å². The SMILES string of the molecule is CN1CCN(Cc2ccc(NC(=O)Cc3ccc(NC(=O)C4CCC(n5cnc6c(N)nc(Cl)nc65)CC4)cc3)cc2C(F)(F)F)CC1. The number of nitrogens with zero attached hydrogens (tertiary/aromatic N) is 6. The maximum atomic E-state index is 13.9. The van der Waals surface area contributed by atoms with Gasteiger partial charge in [-0.2, -0.15) is 23.1 Å². The van der Waals surface area contributed by atoms with Crippen LogP contribution in [0.4, 0.5) is 30.4 Å². The fourth-order valence-corrected chi connectivity index (χ4v) is 6.61. The molecule has 2 amide bonds. The summed E-state index contributed by atoms with van der Waals surface area (Å²) in [5, 5.41) is 5.62. The van der Waals surface area contributed by atoms with Crippen LogP contribution in [-0.2, 0) is 28.7 Å². The maximum absolute atomic E-state index is 13.9. The Morgan fingerprint density at radius 3 is 2.33 bits per heavy atom. The van der Waals surface area contributed by atoms with E-state index in [-0.39, 0.29) is 53.2 Å². The molecule has 254 valence electrons. The molecule has 4 aromatic rings. The Kier molecular flexibility index (Phi) is 9.85. The van der Waals surface area contributed by atoms with Crippen molar-refractivity contribution in [2.45, 2.75) is 50.9 Å². The lowest BCUT2D eigenvalue weighted by Gasteiger charge is -2.33. The van der Waals surface area contributed by atoms with Gasteiger partial charge in [0.05, 0.1) is 18.3 Å². The van der Waals surface area contributed by atoms with Crippen LogP contribution in [0.2, 0.25) is 5.28 Å². The number of halogens is 4. The van der Waals surface area contributed by atoms with Crippen LogP contribution in [0, 0.1) is 5.92 Å². The zero-order chi connectivity index (χ0) is 34.0. The topological polar surface area (TPSA) is 134 Å². The molecule has 2 fully saturated rings. The lowest BCUT2D eigenvalue weighted by atomic mass is 9.85.